The van der Waals surface area contributed by atoms with Crippen LogP contribution in [0.3, 0.4) is 0 Å². The van der Waals surface area contributed by atoms with Crippen molar-refractivity contribution in [3.8, 4) is 5.75 Å². The molecule has 1 amide bonds. The van der Waals surface area contributed by atoms with E-state index >= 15 is 0 Å². The molecule has 3 aromatic carbocycles. The van der Waals surface area contributed by atoms with Gasteiger partial charge >= 0.3 is 5.69 Å². The number of aromatic nitrogens is 2. The zero-order valence-corrected chi connectivity index (χ0v) is 25.0. The van der Waals surface area contributed by atoms with E-state index in [4.69, 9.17) is 21.3 Å². The lowest BCUT2D eigenvalue weighted by atomic mass is 9.88. The number of hydrogen-bond donors (Lipinski definition) is 1. The highest BCUT2D eigenvalue weighted by atomic mass is 79.9. The van der Waals surface area contributed by atoms with Crippen LogP contribution in [0.5, 0.6) is 5.75 Å². The first kappa shape index (κ1) is 29.4. The Balaban J connectivity index is 1.44. The van der Waals surface area contributed by atoms with Crippen LogP contribution in [0.1, 0.15) is 55.0 Å². The summed E-state index contributed by atoms with van der Waals surface area (Å²) in [5.41, 5.74) is 1.70. The van der Waals surface area contributed by atoms with E-state index in [-0.39, 0.29) is 27.8 Å². The largest absolute Gasteiger partial charge is 0.476 e. The quantitative estimate of drug-likeness (QED) is 0.124. The van der Waals surface area contributed by atoms with Gasteiger partial charge in [0.05, 0.1) is 27.1 Å². The first-order valence-corrected chi connectivity index (χ1v) is 14.6. The van der Waals surface area contributed by atoms with Crippen molar-refractivity contribution in [2.24, 2.45) is 5.10 Å². The van der Waals surface area contributed by atoms with Gasteiger partial charge in [-0.3, -0.25) is 19.7 Å². The molecule has 1 aliphatic rings. The van der Waals surface area contributed by atoms with Crippen molar-refractivity contribution in [2.45, 2.75) is 44.9 Å². The Bertz CT molecular complexity index is 1750. The number of halogens is 2. The molecule has 0 atom stereocenters. The maximum absolute atomic E-state index is 13.6. The molecular weight excluding hydrogens is 626 g/mol. The Kier molecular flexibility index (Phi) is 8.98. The predicted molar refractivity (Wildman–Crippen MR) is 166 cm³/mol. The molecule has 1 saturated carbocycles. The van der Waals surface area contributed by atoms with E-state index in [0.29, 0.717) is 22.4 Å². The number of nitrogens with zero attached hydrogens (tertiary/aromatic N) is 4. The molecule has 10 nitrogen and oxygen atoms in total. The fourth-order valence-corrected chi connectivity index (χ4v) is 5.59. The van der Waals surface area contributed by atoms with Gasteiger partial charge in [-0.15, -0.1) is 0 Å². The van der Waals surface area contributed by atoms with Gasteiger partial charge in [0.2, 0.25) is 5.75 Å². The number of ether oxygens (including phenoxy) is 1. The molecule has 1 aliphatic carbocycles. The average Bonchev–Trinajstić information content (AvgIpc) is 2.97. The van der Waals surface area contributed by atoms with Gasteiger partial charge in [-0.25, -0.2) is 4.98 Å². The smallest absolute Gasteiger partial charge is 0.313 e. The molecular formula is C30H27BrClN5O5. The zero-order valence-electron chi connectivity index (χ0n) is 22.7. The number of rotatable bonds is 8. The number of carbonyl (C=O) groups excluding carboxylic acids is 1. The Hall–Kier alpha value is -4.09. The number of nitrogens with one attached hydrogen (secondary N) is 1. The second-order valence-electron chi connectivity index (χ2n) is 10.1. The molecule has 4 aromatic rings. The fraction of sp³-hybridized carbons (Fsp3) is 0.267. The van der Waals surface area contributed by atoms with Crippen molar-refractivity contribution < 1.29 is 14.5 Å². The van der Waals surface area contributed by atoms with E-state index in [9.17, 15) is 19.7 Å². The van der Waals surface area contributed by atoms with Gasteiger partial charge in [-0.1, -0.05) is 64.5 Å². The Labute approximate surface area is 254 Å². The number of aryl methyl sites for hydroxylation is 1. The molecule has 0 bridgehead atoms. The minimum absolute atomic E-state index is 0.0661. The van der Waals surface area contributed by atoms with Crippen molar-refractivity contribution >= 4 is 61.9 Å². The van der Waals surface area contributed by atoms with Crippen molar-refractivity contribution in [3.05, 3.63) is 102 Å². The molecule has 0 unspecified atom stereocenters. The van der Waals surface area contributed by atoms with E-state index in [1.165, 1.54) is 23.0 Å². The number of anilines is 1. The number of nitro groups is 1. The number of fused-ring (bicyclic) bond motifs is 1. The van der Waals surface area contributed by atoms with E-state index in [2.05, 4.69) is 26.3 Å². The SMILES string of the molecule is Cc1ccc(NC(=O)COc2c(Cl)cc(C=Nn3c(C4CCCCC4)nc4ccc(Br)cc4c3=O)cc2[N+](=O)[O-])cc1. The van der Waals surface area contributed by atoms with Gasteiger partial charge in [-0.2, -0.15) is 9.78 Å². The van der Waals surface area contributed by atoms with E-state index in [1.54, 1.807) is 24.3 Å². The summed E-state index contributed by atoms with van der Waals surface area (Å²) >= 11 is 9.80. The third-order valence-electron chi connectivity index (χ3n) is 7.05. The minimum Gasteiger partial charge on any atom is -0.476 e. The summed E-state index contributed by atoms with van der Waals surface area (Å²) in [5, 5.41) is 19.4. The minimum atomic E-state index is -0.648. The second kappa shape index (κ2) is 12.8. The highest BCUT2D eigenvalue weighted by molar-refractivity contribution is 9.10. The van der Waals surface area contributed by atoms with Crippen LogP contribution in [-0.2, 0) is 4.79 Å². The lowest BCUT2D eigenvalue weighted by Gasteiger charge is -2.22. The van der Waals surface area contributed by atoms with Gasteiger partial charge in [-0.05, 0) is 56.2 Å². The Morgan fingerprint density at radius 3 is 2.64 bits per heavy atom. The first-order chi connectivity index (χ1) is 20.2. The summed E-state index contributed by atoms with van der Waals surface area (Å²) in [4.78, 5) is 42.0. The standard InChI is InChI=1S/C30H27BrClN5O5/c1-18-7-10-22(11-8-18)34-27(38)17-42-28-24(32)13-19(14-26(28)37(40)41)16-33-36-29(20-5-3-2-4-6-20)35-25-12-9-21(31)15-23(25)30(36)39/h7-16,20H,2-6,17H2,1H3,(H,34,38). The van der Waals surface area contributed by atoms with Crippen molar-refractivity contribution in [3.63, 3.8) is 0 Å². The maximum atomic E-state index is 13.6. The van der Waals surface area contributed by atoms with Gasteiger partial charge in [0.25, 0.3) is 11.5 Å². The third-order valence-corrected chi connectivity index (χ3v) is 7.83. The average molecular weight is 653 g/mol. The molecule has 42 heavy (non-hydrogen) atoms. The van der Waals surface area contributed by atoms with Crippen molar-refractivity contribution in [1.29, 1.82) is 0 Å². The predicted octanol–water partition coefficient (Wildman–Crippen LogP) is 6.98. The number of carbonyl (C=O) groups is 1. The highest BCUT2D eigenvalue weighted by Gasteiger charge is 2.24. The van der Waals surface area contributed by atoms with Crippen LogP contribution in [0.25, 0.3) is 10.9 Å². The monoisotopic (exact) mass is 651 g/mol. The summed E-state index contributed by atoms with van der Waals surface area (Å²) in [7, 11) is 0. The van der Waals surface area contributed by atoms with Gasteiger partial charge in [0, 0.05) is 27.7 Å². The second-order valence-corrected chi connectivity index (χ2v) is 11.5. The summed E-state index contributed by atoms with van der Waals surface area (Å²) in [5.74, 6) is -0.114. The topological polar surface area (TPSA) is 129 Å². The molecule has 1 aromatic heterocycles. The Morgan fingerprint density at radius 2 is 1.93 bits per heavy atom. The molecule has 12 heteroatoms. The first-order valence-electron chi connectivity index (χ1n) is 13.4. The van der Waals surface area contributed by atoms with Crippen LogP contribution in [0.15, 0.2) is 69.0 Å². The van der Waals surface area contributed by atoms with Crippen LogP contribution in [0.2, 0.25) is 5.02 Å². The summed E-state index contributed by atoms with van der Waals surface area (Å²) in [6, 6.07) is 15.2. The van der Waals surface area contributed by atoms with Crippen molar-refractivity contribution in [1.82, 2.24) is 9.66 Å². The molecule has 5 rings (SSSR count). The zero-order chi connectivity index (χ0) is 29.8. The number of hydrogen-bond acceptors (Lipinski definition) is 7. The molecule has 1 N–H and O–H groups in total. The highest BCUT2D eigenvalue weighted by Crippen LogP contribution is 2.36. The normalized spacial score (nSPS) is 13.9. The summed E-state index contributed by atoms with van der Waals surface area (Å²) in [6.45, 7) is 1.44. The molecule has 0 spiro atoms. The van der Waals surface area contributed by atoms with Crippen LogP contribution in [0, 0.1) is 17.0 Å². The maximum Gasteiger partial charge on any atom is 0.313 e. The van der Waals surface area contributed by atoms with Crippen LogP contribution >= 0.6 is 27.5 Å². The number of benzene rings is 3. The van der Waals surface area contributed by atoms with Gasteiger partial charge in [0.15, 0.2) is 6.61 Å². The van der Waals surface area contributed by atoms with Crippen LogP contribution in [0.4, 0.5) is 11.4 Å². The molecule has 0 radical (unpaired) electrons. The van der Waals surface area contributed by atoms with Gasteiger partial charge in [0.1, 0.15) is 5.82 Å². The van der Waals surface area contributed by atoms with E-state index in [0.717, 1.165) is 42.1 Å². The summed E-state index contributed by atoms with van der Waals surface area (Å²) in [6.07, 6.45) is 6.33. The molecule has 0 saturated heterocycles. The van der Waals surface area contributed by atoms with Crippen LogP contribution < -0.4 is 15.6 Å². The van der Waals surface area contributed by atoms with Crippen LogP contribution in [-0.4, -0.2) is 33.3 Å². The number of amides is 1. The molecule has 0 aliphatic heterocycles. The van der Waals surface area contributed by atoms with Crippen molar-refractivity contribution in [2.75, 3.05) is 11.9 Å². The lowest BCUT2D eigenvalue weighted by Crippen LogP contribution is -2.25. The molecule has 1 fully saturated rings. The Morgan fingerprint density at radius 1 is 1.19 bits per heavy atom. The molecule has 1 heterocycles. The third kappa shape index (κ3) is 6.69. The fourth-order valence-electron chi connectivity index (χ4n) is 4.95. The number of nitro benzene ring substituents is 1. The summed E-state index contributed by atoms with van der Waals surface area (Å²) < 4.78 is 7.50. The lowest BCUT2D eigenvalue weighted by molar-refractivity contribution is -0.385. The van der Waals surface area contributed by atoms with Gasteiger partial charge < -0.3 is 10.1 Å². The van der Waals surface area contributed by atoms with E-state index < -0.39 is 23.1 Å². The molecule has 216 valence electrons. The van der Waals surface area contributed by atoms with E-state index in [1.807, 2.05) is 25.1 Å².